The second kappa shape index (κ2) is 9.34. The van der Waals surface area contributed by atoms with Gasteiger partial charge in [-0.3, -0.25) is 4.79 Å². The molecule has 0 aromatic rings. The van der Waals surface area contributed by atoms with Crippen molar-refractivity contribution in [2.45, 2.75) is 52.0 Å². The number of nitrogens with zero attached hydrogens (tertiary/aromatic N) is 1. The van der Waals surface area contributed by atoms with Gasteiger partial charge in [-0.1, -0.05) is 19.8 Å². The number of hydrogen-bond acceptors (Lipinski definition) is 3. The molecule has 1 aliphatic heterocycles. The summed E-state index contributed by atoms with van der Waals surface area (Å²) in [5.74, 6) is 0.120. The molecular formula is C14H29N3O. The van der Waals surface area contributed by atoms with Crippen molar-refractivity contribution >= 4 is 5.91 Å². The van der Waals surface area contributed by atoms with E-state index in [1.54, 1.807) is 0 Å². The summed E-state index contributed by atoms with van der Waals surface area (Å²) >= 11 is 0. The predicted octanol–water partition coefficient (Wildman–Crippen LogP) is 1.37. The van der Waals surface area contributed by atoms with Gasteiger partial charge in [-0.25, -0.2) is 0 Å². The van der Waals surface area contributed by atoms with Gasteiger partial charge >= 0.3 is 0 Å². The third-order valence-corrected chi connectivity index (χ3v) is 3.47. The number of carbonyl (C=O) groups is 1. The molecule has 0 aromatic heterocycles. The first-order valence-corrected chi connectivity index (χ1v) is 7.44. The first-order valence-electron chi connectivity index (χ1n) is 7.44. The Bertz CT molecular complexity index is 227. The number of likely N-dealkylation sites (tertiary alicyclic amines) is 1. The molecular weight excluding hydrogens is 226 g/mol. The normalized spacial score (nSPS) is 18.6. The van der Waals surface area contributed by atoms with Crippen LogP contribution in [0.5, 0.6) is 0 Å². The molecule has 0 radical (unpaired) electrons. The van der Waals surface area contributed by atoms with E-state index in [0.29, 0.717) is 12.6 Å². The van der Waals surface area contributed by atoms with Crippen molar-refractivity contribution in [1.29, 1.82) is 0 Å². The number of rotatable bonds is 8. The molecule has 1 heterocycles. The Hall–Kier alpha value is -0.610. The van der Waals surface area contributed by atoms with Crippen molar-refractivity contribution in [3.8, 4) is 0 Å². The lowest BCUT2D eigenvalue weighted by Gasteiger charge is -2.26. The summed E-state index contributed by atoms with van der Waals surface area (Å²) in [5, 5.41) is 6.23. The molecule has 1 rings (SSSR count). The zero-order valence-electron chi connectivity index (χ0n) is 12.0. The lowest BCUT2D eigenvalue weighted by Crippen LogP contribution is -2.42. The van der Waals surface area contributed by atoms with Crippen LogP contribution in [-0.4, -0.2) is 49.6 Å². The Morgan fingerprint density at radius 2 is 2.00 bits per heavy atom. The maximum atomic E-state index is 11.6. The van der Waals surface area contributed by atoms with E-state index >= 15 is 0 Å². The van der Waals surface area contributed by atoms with Crippen LogP contribution in [0.1, 0.15) is 46.0 Å². The van der Waals surface area contributed by atoms with E-state index in [1.807, 2.05) is 0 Å². The maximum absolute atomic E-state index is 11.6. The molecule has 1 amide bonds. The molecule has 1 atom stereocenters. The minimum atomic E-state index is 0.120. The third kappa shape index (κ3) is 6.97. The smallest absolute Gasteiger partial charge is 0.234 e. The van der Waals surface area contributed by atoms with Crippen molar-refractivity contribution in [1.82, 2.24) is 15.5 Å². The van der Waals surface area contributed by atoms with E-state index in [0.717, 1.165) is 25.9 Å². The van der Waals surface area contributed by atoms with Crippen LogP contribution in [0.15, 0.2) is 0 Å². The van der Waals surface area contributed by atoms with Crippen LogP contribution in [-0.2, 0) is 4.79 Å². The number of nitrogens with one attached hydrogen (secondary N) is 2. The lowest BCUT2D eigenvalue weighted by molar-refractivity contribution is -0.120. The SMILES string of the molecule is CCCC(C)NC(=O)CNCCN1CCCCC1. The Labute approximate surface area is 111 Å². The second-order valence-corrected chi connectivity index (χ2v) is 5.34. The largest absolute Gasteiger partial charge is 0.353 e. The number of piperidine rings is 1. The van der Waals surface area contributed by atoms with Crippen LogP contribution in [0.2, 0.25) is 0 Å². The van der Waals surface area contributed by atoms with E-state index in [9.17, 15) is 4.79 Å². The highest BCUT2D eigenvalue weighted by atomic mass is 16.1. The molecule has 4 nitrogen and oxygen atoms in total. The average molecular weight is 255 g/mol. The monoisotopic (exact) mass is 255 g/mol. The van der Waals surface area contributed by atoms with E-state index in [2.05, 4.69) is 29.4 Å². The summed E-state index contributed by atoms with van der Waals surface area (Å²) in [4.78, 5) is 14.1. The van der Waals surface area contributed by atoms with Gasteiger partial charge in [-0.05, 0) is 39.3 Å². The van der Waals surface area contributed by atoms with E-state index in [-0.39, 0.29) is 5.91 Å². The summed E-state index contributed by atoms with van der Waals surface area (Å²) in [7, 11) is 0. The van der Waals surface area contributed by atoms with Gasteiger partial charge in [0.25, 0.3) is 0 Å². The van der Waals surface area contributed by atoms with Gasteiger partial charge in [0.2, 0.25) is 5.91 Å². The fourth-order valence-electron chi connectivity index (χ4n) is 2.45. The van der Waals surface area contributed by atoms with Gasteiger partial charge < -0.3 is 15.5 Å². The highest BCUT2D eigenvalue weighted by Gasteiger charge is 2.09. The highest BCUT2D eigenvalue weighted by Crippen LogP contribution is 2.07. The van der Waals surface area contributed by atoms with Crippen LogP contribution in [0.4, 0.5) is 0 Å². The summed E-state index contributed by atoms with van der Waals surface area (Å²) < 4.78 is 0. The lowest BCUT2D eigenvalue weighted by atomic mass is 10.1. The number of carbonyl (C=O) groups excluding carboxylic acids is 1. The predicted molar refractivity (Wildman–Crippen MR) is 75.7 cm³/mol. The molecule has 2 N–H and O–H groups in total. The molecule has 18 heavy (non-hydrogen) atoms. The van der Waals surface area contributed by atoms with Crippen LogP contribution < -0.4 is 10.6 Å². The molecule has 4 heteroatoms. The van der Waals surface area contributed by atoms with Crippen LogP contribution in [0.25, 0.3) is 0 Å². The standard InChI is InChI=1S/C14H29N3O/c1-3-7-13(2)16-14(18)12-15-8-11-17-9-5-4-6-10-17/h13,15H,3-12H2,1-2H3,(H,16,18). The van der Waals surface area contributed by atoms with Gasteiger partial charge in [0.05, 0.1) is 6.54 Å². The van der Waals surface area contributed by atoms with Crippen LogP contribution >= 0.6 is 0 Å². The topological polar surface area (TPSA) is 44.4 Å². The molecule has 0 spiro atoms. The molecule has 0 bridgehead atoms. The van der Waals surface area contributed by atoms with Gasteiger partial charge in [0.15, 0.2) is 0 Å². The number of hydrogen-bond donors (Lipinski definition) is 2. The van der Waals surface area contributed by atoms with Crippen molar-refractivity contribution in [2.24, 2.45) is 0 Å². The third-order valence-electron chi connectivity index (χ3n) is 3.47. The fraction of sp³-hybridized carbons (Fsp3) is 0.929. The maximum Gasteiger partial charge on any atom is 0.234 e. The van der Waals surface area contributed by atoms with E-state index < -0.39 is 0 Å². The summed E-state index contributed by atoms with van der Waals surface area (Å²) in [5.41, 5.74) is 0. The molecule has 1 saturated heterocycles. The quantitative estimate of drug-likeness (QED) is 0.644. The highest BCUT2D eigenvalue weighted by molar-refractivity contribution is 5.78. The van der Waals surface area contributed by atoms with Crippen molar-refractivity contribution in [3.63, 3.8) is 0 Å². The molecule has 1 aliphatic rings. The molecule has 0 aliphatic carbocycles. The first-order chi connectivity index (χ1) is 8.72. The minimum absolute atomic E-state index is 0.120. The summed E-state index contributed by atoms with van der Waals surface area (Å²) in [6, 6.07) is 0.298. The van der Waals surface area contributed by atoms with Gasteiger partial charge in [-0.2, -0.15) is 0 Å². The Morgan fingerprint density at radius 3 is 2.67 bits per heavy atom. The van der Waals surface area contributed by atoms with Crippen LogP contribution in [0.3, 0.4) is 0 Å². The summed E-state index contributed by atoms with van der Waals surface area (Å²) in [6.07, 6.45) is 6.20. The molecule has 0 aromatic carbocycles. The van der Waals surface area contributed by atoms with Gasteiger partial charge in [-0.15, -0.1) is 0 Å². The van der Waals surface area contributed by atoms with Crippen molar-refractivity contribution < 1.29 is 4.79 Å². The van der Waals surface area contributed by atoms with Gasteiger partial charge in [0, 0.05) is 19.1 Å². The molecule has 1 unspecified atom stereocenters. The summed E-state index contributed by atoms with van der Waals surface area (Å²) in [6.45, 7) is 9.08. The Balaban J connectivity index is 1.97. The fourth-order valence-corrected chi connectivity index (χ4v) is 2.45. The zero-order chi connectivity index (χ0) is 13.2. The van der Waals surface area contributed by atoms with E-state index in [4.69, 9.17) is 0 Å². The average Bonchev–Trinajstić information content (AvgIpc) is 2.36. The Kier molecular flexibility index (Phi) is 8.01. The molecule has 0 saturated carbocycles. The second-order valence-electron chi connectivity index (χ2n) is 5.34. The zero-order valence-corrected chi connectivity index (χ0v) is 12.0. The van der Waals surface area contributed by atoms with E-state index in [1.165, 1.54) is 32.4 Å². The molecule has 106 valence electrons. The van der Waals surface area contributed by atoms with Crippen LogP contribution in [0, 0.1) is 0 Å². The minimum Gasteiger partial charge on any atom is -0.353 e. The van der Waals surface area contributed by atoms with Gasteiger partial charge in [0.1, 0.15) is 0 Å². The van der Waals surface area contributed by atoms with Crippen molar-refractivity contribution in [3.05, 3.63) is 0 Å². The van der Waals surface area contributed by atoms with Crippen molar-refractivity contribution in [2.75, 3.05) is 32.7 Å². The molecule has 1 fully saturated rings. The Morgan fingerprint density at radius 1 is 1.28 bits per heavy atom. The first kappa shape index (κ1) is 15.4. The number of amides is 1.